The number of aromatic carboxylic acids is 1. The predicted molar refractivity (Wildman–Crippen MR) is 56.4 cm³/mol. The molecule has 1 rings (SSSR count). The number of amides is 1. The summed E-state index contributed by atoms with van der Waals surface area (Å²) in [6, 6.07) is 2.92. The lowest BCUT2D eigenvalue weighted by atomic mass is 10.5. The Kier molecular flexibility index (Phi) is 3.87. The lowest BCUT2D eigenvalue weighted by Gasteiger charge is -2.01. The van der Waals surface area contributed by atoms with Crippen molar-refractivity contribution in [3.8, 4) is 0 Å². The molecule has 0 atom stereocenters. The van der Waals surface area contributed by atoms with Crippen LogP contribution in [0.4, 0.5) is 9.80 Å². The summed E-state index contributed by atoms with van der Waals surface area (Å²) in [4.78, 5) is 21.7. The highest BCUT2D eigenvalue weighted by molar-refractivity contribution is 7.18. The quantitative estimate of drug-likeness (QED) is 0.773. The van der Waals surface area contributed by atoms with Crippen LogP contribution in [0.3, 0.4) is 0 Å². The van der Waals surface area contributed by atoms with Crippen LogP contribution in [0.1, 0.15) is 9.67 Å². The third-order valence-electron chi connectivity index (χ3n) is 1.37. The van der Waals surface area contributed by atoms with Gasteiger partial charge >= 0.3 is 12.1 Å². The average Bonchev–Trinajstić information content (AvgIpc) is 2.63. The van der Waals surface area contributed by atoms with Crippen molar-refractivity contribution in [2.75, 3.05) is 11.9 Å². The summed E-state index contributed by atoms with van der Waals surface area (Å²) in [5, 5.41) is 11.5. The van der Waals surface area contributed by atoms with E-state index < -0.39 is 12.1 Å². The fraction of sp³-hybridized carbons (Fsp3) is 0.111. The smallest absolute Gasteiger partial charge is 0.412 e. The molecular formula is C9H9NO4S. The first kappa shape index (κ1) is 11.3. The number of carboxylic acids is 1. The largest absolute Gasteiger partial charge is 0.477 e. The molecule has 0 aliphatic rings. The van der Waals surface area contributed by atoms with Gasteiger partial charge in [-0.15, -0.1) is 11.3 Å². The van der Waals surface area contributed by atoms with E-state index in [1.165, 1.54) is 18.2 Å². The molecule has 0 saturated carbocycles. The standard InChI is InChI=1S/C9H9NO4S/c1-2-5-14-9(13)10-7-4-3-6(15-7)8(11)12/h2-4H,1,5H2,(H,10,13)(H,11,12). The average molecular weight is 227 g/mol. The number of thiophene rings is 1. The van der Waals surface area contributed by atoms with E-state index in [2.05, 4.69) is 16.6 Å². The van der Waals surface area contributed by atoms with Crippen LogP contribution in [0.2, 0.25) is 0 Å². The van der Waals surface area contributed by atoms with E-state index in [1.54, 1.807) is 0 Å². The van der Waals surface area contributed by atoms with Gasteiger partial charge in [-0.05, 0) is 12.1 Å². The molecule has 0 aliphatic heterocycles. The molecule has 1 aromatic rings. The second-order valence-electron chi connectivity index (χ2n) is 2.48. The molecule has 1 aromatic heterocycles. The number of hydrogen-bond donors (Lipinski definition) is 2. The van der Waals surface area contributed by atoms with Crippen LogP contribution >= 0.6 is 11.3 Å². The van der Waals surface area contributed by atoms with Crippen molar-refractivity contribution in [2.45, 2.75) is 0 Å². The number of rotatable bonds is 4. The lowest BCUT2D eigenvalue weighted by molar-refractivity contribution is 0.0702. The van der Waals surface area contributed by atoms with Gasteiger partial charge in [0.05, 0.1) is 5.00 Å². The zero-order chi connectivity index (χ0) is 11.3. The molecular weight excluding hydrogens is 218 g/mol. The fourth-order valence-electron chi connectivity index (χ4n) is 0.791. The molecule has 1 heterocycles. The summed E-state index contributed by atoms with van der Waals surface area (Å²) in [5.41, 5.74) is 0. The van der Waals surface area contributed by atoms with E-state index in [-0.39, 0.29) is 11.5 Å². The van der Waals surface area contributed by atoms with Crippen LogP contribution in [-0.4, -0.2) is 23.8 Å². The van der Waals surface area contributed by atoms with Gasteiger partial charge in [0, 0.05) is 0 Å². The summed E-state index contributed by atoms with van der Waals surface area (Å²) >= 11 is 0.965. The van der Waals surface area contributed by atoms with Gasteiger partial charge in [0.25, 0.3) is 0 Å². The first-order valence-corrected chi connectivity index (χ1v) is 4.83. The molecule has 1 amide bonds. The number of carbonyl (C=O) groups excluding carboxylic acids is 1. The van der Waals surface area contributed by atoms with Crippen molar-refractivity contribution >= 4 is 28.4 Å². The highest BCUT2D eigenvalue weighted by atomic mass is 32.1. The van der Waals surface area contributed by atoms with Gasteiger partial charge in [-0.3, -0.25) is 5.32 Å². The number of carboxylic acid groups (broad SMARTS) is 1. The molecule has 0 bridgehead atoms. The normalized spacial score (nSPS) is 9.33. The van der Waals surface area contributed by atoms with Gasteiger partial charge in [0.2, 0.25) is 0 Å². The molecule has 0 fully saturated rings. The Balaban J connectivity index is 2.53. The molecule has 0 aromatic carbocycles. The second kappa shape index (κ2) is 5.16. The third-order valence-corrected chi connectivity index (χ3v) is 2.36. The summed E-state index contributed by atoms with van der Waals surface area (Å²) in [6.07, 6.45) is 0.810. The molecule has 0 radical (unpaired) electrons. The van der Waals surface area contributed by atoms with Crippen LogP contribution in [0.15, 0.2) is 24.8 Å². The molecule has 0 aliphatic carbocycles. The van der Waals surface area contributed by atoms with Crippen molar-refractivity contribution in [3.05, 3.63) is 29.7 Å². The van der Waals surface area contributed by atoms with Crippen molar-refractivity contribution in [2.24, 2.45) is 0 Å². The Hall–Kier alpha value is -1.82. The van der Waals surface area contributed by atoms with E-state index in [4.69, 9.17) is 5.11 Å². The Morgan fingerprint density at radius 1 is 1.60 bits per heavy atom. The minimum atomic E-state index is -1.02. The molecule has 5 nitrogen and oxygen atoms in total. The van der Waals surface area contributed by atoms with Gasteiger partial charge < -0.3 is 9.84 Å². The monoisotopic (exact) mass is 227 g/mol. The van der Waals surface area contributed by atoms with Gasteiger partial charge in [0.1, 0.15) is 11.5 Å². The first-order chi connectivity index (χ1) is 7.13. The number of anilines is 1. The topological polar surface area (TPSA) is 75.6 Å². The SMILES string of the molecule is C=CCOC(=O)Nc1ccc(C(=O)O)s1. The summed E-state index contributed by atoms with van der Waals surface area (Å²) in [7, 11) is 0. The second-order valence-corrected chi connectivity index (χ2v) is 3.56. The van der Waals surface area contributed by atoms with Gasteiger partial charge in [-0.2, -0.15) is 0 Å². The van der Waals surface area contributed by atoms with E-state index in [0.29, 0.717) is 5.00 Å². The number of nitrogens with one attached hydrogen (secondary N) is 1. The lowest BCUT2D eigenvalue weighted by Crippen LogP contribution is -2.12. The first-order valence-electron chi connectivity index (χ1n) is 4.01. The number of hydrogen-bond acceptors (Lipinski definition) is 4. The van der Waals surface area contributed by atoms with Crippen molar-refractivity contribution < 1.29 is 19.4 Å². The minimum Gasteiger partial charge on any atom is -0.477 e. The van der Waals surface area contributed by atoms with Crippen LogP contribution in [-0.2, 0) is 4.74 Å². The minimum absolute atomic E-state index is 0.114. The highest BCUT2D eigenvalue weighted by Gasteiger charge is 2.09. The Morgan fingerprint density at radius 2 is 2.33 bits per heavy atom. The summed E-state index contributed by atoms with van der Waals surface area (Å²) in [6.45, 7) is 3.50. The van der Waals surface area contributed by atoms with E-state index in [1.807, 2.05) is 0 Å². The van der Waals surface area contributed by atoms with Crippen molar-refractivity contribution in [1.29, 1.82) is 0 Å². The van der Waals surface area contributed by atoms with Crippen molar-refractivity contribution in [1.82, 2.24) is 0 Å². The Labute approximate surface area is 90.0 Å². The van der Waals surface area contributed by atoms with E-state index >= 15 is 0 Å². The number of carbonyl (C=O) groups is 2. The molecule has 0 unspecified atom stereocenters. The third kappa shape index (κ3) is 3.43. The maximum absolute atomic E-state index is 11.0. The van der Waals surface area contributed by atoms with E-state index in [9.17, 15) is 9.59 Å². The van der Waals surface area contributed by atoms with Gasteiger partial charge in [-0.1, -0.05) is 12.7 Å². The fourth-order valence-corrected chi connectivity index (χ4v) is 1.52. The van der Waals surface area contributed by atoms with Gasteiger partial charge in [-0.25, -0.2) is 9.59 Å². The van der Waals surface area contributed by atoms with Crippen LogP contribution in [0, 0.1) is 0 Å². The molecule has 2 N–H and O–H groups in total. The maximum atomic E-state index is 11.0. The van der Waals surface area contributed by atoms with Crippen LogP contribution in [0.5, 0.6) is 0 Å². The van der Waals surface area contributed by atoms with Gasteiger partial charge in [0.15, 0.2) is 0 Å². The zero-order valence-corrected chi connectivity index (χ0v) is 8.54. The Bertz CT molecular complexity index is 385. The summed E-state index contributed by atoms with van der Waals surface area (Å²) in [5.74, 6) is -1.02. The molecule has 6 heteroatoms. The molecule has 0 spiro atoms. The maximum Gasteiger partial charge on any atom is 0.412 e. The predicted octanol–water partition coefficient (Wildman–Crippen LogP) is 2.18. The van der Waals surface area contributed by atoms with Crippen LogP contribution in [0.25, 0.3) is 0 Å². The number of ether oxygens (including phenoxy) is 1. The van der Waals surface area contributed by atoms with Crippen molar-refractivity contribution in [3.63, 3.8) is 0 Å². The summed E-state index contributed by atoms with van der Waals surface area (Å²) < 4.78 is 4.66. The van der Waals surface area contributed by atoms with E-state index in [0.717, 1.165) is 11.3 Å². The van der Waals surface area contributed by atoms with Crippen LogP contribution < -0.4 is 5.32 Å². The highest BCUT2D eigenvalue weighted by Crippen LogP contribution is 2.21. The molecule has 80 valence electrons. The Morgan fingerprint density at radius 3 is 2.87 bits per heavy atom. The molecule has 15 heavy (non-hydrogen) atoms. The zero-order valence-electron chi connectivity index (χ0n) is 7.73. The molecule has 0 saturated heterocycles.